The van der Waals surface area contributed by atoms with Crippen LogP contribution >= 0.6 is 0 Å². The molecule has 1 unspecified atom stereocenters. The second-order valence-electron chi connectivity index (χ2n) is 4.69. The summed E-state index contributed by atoms with van der Waals surface area (Å²) >= 11 is 0. The average molecular weight is 282 g/mol. The van der Waals surface area contributed by atoms with Crippen LogP contribution in [0.1, 0.15) is 32.3 Å². The van der Waals surface area contributed by atoms with E-state index < -0.39 is 6.10 Å². The fraction of sp³-hybridized carbons (Fsp3) is 0.533. The van der Waals surface area contributed by atoms with E-state index in [2.05, 4.69) is 17.6 Å². The number of hydrogen-bond donors (Lipinski definition) is 2. The zero-order valence-corrected chi connectivity index (χ0v) is 12.3. The molecule has 4 nitrogen and oxygen atoms in total. The Balaban J connectivity index is 2.64. The number of ether oxygens (including phenoxy) is 1. The molecule has 0 heterocycles. The van der Waals surface area contributed by atoms with E-state index in [4.69, 9.17) is 4.74 Å². The maximum atomic E-state index is 13.2. The molecular weight excluding hydrogens is 259 g/mol. The molecule has 0 spiro atoms. The summed E-state index contributed by atoms with van der Waals surface area (Å²) in [5.74, 6) is 0.0553. The summed E-state index contributed by atoms with van der Waals surface area (Å²) in [5, 5.41) is 5.76. The summed E-state index contributed by atoms with van der Waals surface area (Å²) in [6, 6.07) is 4.29. The third kappa shape index (κ3) is 5.17. The zero-order chi connectivity index (χ0) is 15.0. The van der Waals surface area contributed by atoms with Crippen molar-refractivity contribution in [3.63, 3.8) is 0 Å². The molecule has 0 aromatic heterocycles. The molecule has 5 heteroatoms. The van der Waals surface area contributed by atoms with Crippen molar-refractivity contribution in [3.8, 4) is 5.75 Å². The van der Waals surface area contributed by atoms with Gasteiger partial charge in [-0.1, -0.05) is 13.3 Å². The predicted octanol–water partition coefficient (Wildman–Crippen LogP) is 2.23. The normalized spacial score (nSPS) is 12.0. The number of benzene rings is 1. The Labute approximate surface area is 119 Å². The van der Waals surface area contributed by atoms with E-state index in [0.717, 1.165) is 12.8 Å². The van der Waals surface area contributed by atoms with Gasteiger partial charge in [-0.25, -0.2) is 4.39 Å². The highest BCUT2D eigenvalue weighted by atomic mass is 19.1. The van der Waals surface area contributed by atoms with Crippen molar-refractivity contribution in [3.05, 3.63) is 29.6 Å². The Morgan fingerprint density at radius 1 is 1.45 bits per heavy atom. The van der Waals surface area contributed by atoms with Crippen LogP contribution in [0, 0.1) is 5.82 Å². The van der Waals surface area contributed by atoms with Crippen LogP contribution in [0.2, 0.25) is 0 Å². The Bertz CT molecular complexity index is 438. The lowest BCUT2D eigenvalue weighted by atomic mass is 10.2. The van der Waals surface area contributed by atoms with Crippen LogP contribution in [-0.4, -0.2) is 25.6 Å². The Morgan fingerprint density at radius 3 is 2.85 bits per heavy atom. The third-order valence-corrected chi connectivity index (χ3v) is 2.89. The molecule has 1 aromatic rings. The Kier molecular flexibility index (Phi) is 7.01. The molecule has 1 rings (SSSR count). The van der Waals surface area contributed by atoms with Crippen LogP contribution in [0.25, 0.3) is 0 Å². The van der Waals surface area contributed by atoms with Gasteiger partial charge in [0.25, 0.3) is 5.91 Å². The van der Waals surface area contributed by atoms with Crippen molar-refractivity contribution in [2.75, 3.05) is 13.6 Å². The van der Waals surface area contributed by atoms with Gasteiger partial charge in [-0.05, 0) is 38.6 Å². The van der Waals surface area contributed by atoms with Crippen LogP contribution in [0.3, 0.4) is 0 Å². The molecule has 0 bridgehead atoms. The van der Waals surface area contributed by atoms with E-state index in [1.165, 1.54) is 12.1 Å². The number of hydrogen-bond acceptors (Lipinski definition) is 3. The lowest BCUT2D eigenvalue weighted by Crippen LogP contribution is -2.37. The van der Waals surface area contributed by atoms with Gasteiger partial charge in [0.2, 0.25) is 0 Å². The largest absolute Gasteiger partial charge is 0.481 e. The molecule has 1 atom stereocenters. The monoisotopic (exact) mass is 282 g/mol. The van der Waals surface area contributed by atoms with Crippen molar-refractivity contribution in [2.24, 2.45) is 0 Å². The molecule has 0 aliphatic carbocycles. The first-order valence-electron chi connectivity index (χ1n) is 6.95. The van der Waals surface area contributed by atoms with E-state index in [0.29, 0.717) is 24.4 Å². The zero-order valence-electron chi connectivity index (χ0n) is 12.3. The predicted molar refractivity (Wildman–Crippen MR) is 77.2 cm³/mol. The smallest absolute Gasteiger partial charge is 0.260 e. The summed E-state index contributed by atoms with van der Waals surface area (Å²) in [4.78, 5) is 11.8. The van der Waals surface area contributed by atoms with E-state index in [1.807, 2.05) is 0 Å². The van der Waals surface area contributed by atoms with E-state index in [9.17, 15) is 9.18 Å². The third-order valence-electron chi connectivity index (χ3n) is 2.89. The highest BCUT2D eigenvalue weighted by molar-refractivity contribution is 5.80. The number of nitrogens with one attached hydrogen (secondary N) is 2. The molecule has 20 heavy (non-hydrogen) atoms. The first kappa shape index (κ1) is 16.4. The summed E-state index contributed by atoms with van der Waals surface area (Å²) in [6.45, 7) is 4.88. The molecule has 0 aliphatic rings. The maximum absolute atomic E-state index is 13.2. The minimum absolute atomic E-state index is 0.154. The highest BCUT2D eigenvalue weighted by Gasteiger charge is 2.16. The van der Waals surface area contributed by atoms with E-state index in [-0.39, 0.29) is 11.7 Å². The molecule has 1 aromatic carbocycles. The van der Waals surface area contributed by atoms with Gasteiger partial charge in [0.15, 0.2) is 6.10 Å². The first-order valence-corrected chi connectivity index (χ1v) is 6.95. The topological polar surface area (TPSA) is 50.4 Å². The van der Waals surface area contributed by atoms with Gasteiger partial charge in [-0.15, -0.1) is 0 Å². The van der Waals surface area contributed by atoms with Crippen LogP contribution in [-0.2, 0) is 11.3 Å². The number of amides is 1. The summed E-state index contributed by atoms with van der Waals surface area (Å²) in [5.41, 5.74) is 0.695. The minimum atomic E-state index is -0.604. The molecule has 0 radical (unpaired) electrons. The lowest BCUT2D eigenvalue weighted by Gasteiger charge is -2.17. The van der Waals surface area contributed by atoms with Crippen molar-refractivity contribution < 1.29 is 13.9 Å². The van der Waals surface area contributed by atoms with Crippen molar-refractivity contribution in [1.29, 1.82) is 0 Å². The highest BCUT2D eigenvalue weighted by Crippen LogP contribution is 2.21. The summed E-state index contributed by atoms with van der Waals surface area (Å²) in [6.07, 6.45) is 1.37. The van der Waals surface area contributed by atoms with Crippen molar-refractivity contribution in [2.45, 2.75) is 39.3 Å². The van der Waals surface area contributed by atoms with Gasteiger partial charge in [-0.2, -0.15) is 0 Å². The van der Waals surface area contributed by atoms with Gasteiger partial charge in [0, 0.05) is 18.7 Å². The van der Waals surface area contributed by atoms with Crippen LogP contribution < -0.4 is 15.4 Å². The molecule has 112 valence electrons. The van der Waals surface area contributed by atoms with Crippen molar-refractivity contribution in [1.82, 2.24) is 10.6 Å². The molecule has 0 aliphatic heterocycles. The van der Waals surface area contributed by atoms with E-state index in [1.54, 1.807) is 20.0 Å². The summed E-state index contributed by atoms with van der Waals surface area (Å²) in [7, 11) is 1.77. The maximum Gasteiger partial charge on any atom is 0.260 e. The number of rotatable bonds is 8. The Hall–Kier alpha value is -1.62. The Morgan fingerprint density at radius 2 is 2.20 bits per heavy atom. The van der Waals surface area contributed by atoms with Gasteiger partial charge < -0.3 is 15.4 Å². The number of unbranched alkanes of at least 4 members (excludes halogenated alkanes) is 1. The van der Waals surface area contributed by atoms with Crippen LogP contribution in [0.4, 0.5) is 4.39 Å². The SMILES string of the molecule is CCCCNC(=O)C(C)Oc1ccc(F)cc1CNC. The number of carbonyl (C=O) groups excluding carboxylic acids is 1. The molecule has 2 N–H and O–H groups in total. The van der Waals surface area contributed by atoms with Crippen LogP contribution in [0.15, 0.2) is 18.2 Å². The van der Waals surface area contributed by atoms with Gasteiger partial charge >= 0.3 is 0 Å². The molecule has 1 amide bonds. The fourth-order valence-corrected chi connectivity index (χ4v) is 1.77. The molecule has 0 saturated heterocycles. The standard InChI is InChI=1S/C15H23FN2O2/c1-4-5-8-18-15(19)11(2)20-14-7-6-13(16)9-12(14)10-17-3/h6-7,9,11,17H,4-5,8,10H2,1-3H3,(H,18,19). The van der Waals surface area contributed by atoms with Crippen molar-refractivity contribution >= 4 is 5.91 Å². The molecule has 0 fully saturated rings. The summed E-state index contributed by atoms with van der Waals surface area (Å²) < 4.78 is 18.8. The lowest BCUT2D eigenvalue weighted by molar-refractivity contribution is -0.127. The fourth-order valence-electron chi connectivity index (χ4n) is 1.77. The average Bonchev–Trinajstić information content (AvgIpc) is 2.42. The minimum Gasteiger partial charge on any atom is -0.481 e. The quantitative estimate of drug-likeness (QED) is 0.719. The van der Waals surface area contributed by atoms with Gasteiger partial charge in [-0.3, -0.25) is 4.79 Å². The second-order valence-corrected chi connectivity index (χ2v) is 4.69. The van der Waals surface area contributed by atoms with Gasteiger partial charge in [0.05, 0.1) is 0 Å². The van der Waals surface area contributed by atoms with E-state index >= 15 is 0 Å². The molecule has 0 saturated carbocycles. The number of halogens is 1. The van der Waals surface area contributed by atoms with Gasteiger partial charge in [0.1, 0.15) is 11.6 Å². The number of carbonyl (C=O) groups is 1. The van der Waals surface area contributed by atoms with Crippen LogP contribution in [0.5, 0.6) is 5.75 Å². The first-order chi connectivity index (χ1) is 9.58. The molecular formula is C15H23FN2O2. The second kappa shape index (κ2) is 8.53.